The zero-order valence-electron chi connectivity index (χ0n) is 18.9. The fourth-order valence-electron chi connectivity index (χ4n) is 4.41. The number of hydrogen-bond acceptors (Lipinski definition) is 7. The Labute approximate surface area is 192 Å². The first kappa shape index (κ1) is 21.2. The van der Waals surface area contributed by atoms with Crippen molar-refractivity contribution in [1.82, 2.24) is 24.8 Å². The summed E-state index contributed by atoms with van der Waals surface area (Å²) < 4.78 is 12.7. The van der Waals surface area contributed by atoms with E-state index in [1.807, 2.05) is 44.3 Å². The molecule has 33 heavy (non-hydrogen) atoms. The summed E-state index contributed by atoms with van der Waals surface area (Å²) in [5.41, 5.74) is 1.83. The Balaban J connectivity index is 1.38. The molecule has 0 radical (unpaired) electrons. The first-order valence-electron chi connectivity index (χ1n) is 11.4. The summed E-state index contributed by atoms with van der Waals surface area (Å²) in [6, 6.07) is 7.28. The van der Waals surface area contributed by atoms with Crippen LogP contribution in [-0.2, 0) is 4.79 Å². The van der Waals surface area contributed by atoms with Crippen molar-refractivity contribution in [3.63, 3.8) is 0 Å². The molecule has 2 aliphatic heterocycles. The average Bonchev–Trinajstić information content (AvgIpc) is 3.45. The molecular weight excluding hydrogens is 420 g/mol. The second kappa shape index (κ2) is 9.09. The minimum absolute atomic E-state index is 0.00233. The molecule has 1 saturated heterocycles. The van der Waals surface area contributed by atoms with E-state index in [2.05, 4.69) is 20.2 Å². The molecule has 3 aromatic rings. The van der Waals surface area contributed by atoms with Gasteiger partial charge in [-0.1, -0.05) is 18.9 Å². The standard InChI is InChI=1S/C24H28N6O3/c1-16-12-22(28-24(26-16)29-11-9-25-14-29)30-10-5-3-4-6-19(30)23(31)27-17(2)18-7-8-20-21(13-18)33-15-32-20/h7-9,11-14,17,19H,3-6,10,15H2,1-2H3,(H,27,31). The number of aromatic nitrogens is 4. The van der Waals surface area contributed by atoms with Gasteiger partial charge in [0.2, 0.25) is 18.6 Å². The zero-order chi connectivity index (χ0) is 22.8. The van der Waals surface area contributed by atoms with Gasteiger partial charge in [0, 0.05) is 30.7 Å². The number of fused-ring (bicyclic) bond motifs is 1. The van der Waals surface area contributed by atoms with Gasteiger partial charge in [-0.25, -0.2) is 9.97 Å². The normalized spacial score (nSPS) is 18.6. The molecule has 0 bridgehead atoms. The van der Waals surface area contributed by atoms with Gasteiger partial charge in [0.1, 0.15) is 18.2 Å². The van der Waals surface area contributed by atoms with Crippen molar-refractivity contribution in [2.45, 2.75) is 51.6 Å². The predicted molar refractivity (Wildman–Crippen MR) is 123 cm³/mol. The van der Waals surface area contributed by atoms with Crippen molar-refractivity contribution in [2.75, 3.05) is 18.2 Å². The number of aryl methyl sites for hydroxylation is 1. The molecule has 172 valence electrons. The van der Waals surface area contributed by atoms with Crippen molar-refractivity contribution in [1.29, 1.82) is 0 Å². The average molecular weight is 449 g/mol. The van der Waals surface area contributed by atoms with E-state index in [-0.39, 0.29) is 24.8 Å². The van der Waals surface area contributed by atoms with E-state index in [0.29, 0.717) is 11.7 Å². The van der Waals surface area contributed by atoms with Crippen molar-refractivity contribution >= 4 is 11.7 Å². The second-order valence-electron chi connectivity index (χ2n) is 8.54. The van der Waals surface area contributed by atoms with Crippen molar-refractivity contribution in [3.8, 4) is 17.4 Å². The van der Waals surface area contributed by atoms with Crippen LogP contribution in [0.15, 0.2) is 43.0 Å². The molecule has 9 heteroatoms. The number of anilines is 1. The van der Waals surface area contributed by atoms with Crippen LogP contribution in [0.1, 0.15) is 49.9 Å². The van der Waals surface area contributed by atoms with Crippen LogP contribution in [0.25, 0.3) is 5.95 Å². The van der Waals surface area contributed by atoms with Gasteiger partial charge in [-0.05, 0) is 44.4 Å². The number of nitrogens with one attached hydrogen (secondary N) is 1. The topological polar surface area (TPSA) is 94.4 Å². The largest absolute Gasteiger partial charge is 0.454 e. The van der Waals surface area contributed by atoms with E-state index in [4.69, 9.17) is 14.5 Å². The minimum atomic E-state index is -0.297. The van der Waals surface area contributed by atoms with Gasteiger partial charge in [0.05, 0.1) is 6.04 Å². The molecule has 0 saturated carbocycles. The minimum Gasteiger partial charge on any atom is -0.454 e. The fourth-order valence-corrected chi connectivity index (χ4v) is 4.41. The Bertz CT molecular complexity index is 1130. The molecule has 0 spiro atoms. The number of benzene rings is 1. The van der Waals surface area contributed by atoms with Crippen LogP contribution in [-0.4, -0.2) is 44.8 Å². The number of imidazole rings is 1. The van der Waals surface area contributed by atoms with Gasteiger partial charge in [-0.3, -0.25) is 9.36 Å². The summed E-state index contributed by atoms with van der Waals surface area (Å²) in [7, 11) is 0. The van der Waals surface area contributed by atoms with Gasteiger partial charge in [0.15, 0.2) is 11.5 Å². The highest BCUT2D eigenvalue weighted by molar-refractivity contribution is 5.85. The molecule has 0 aliphatic carbocycles. The lowest BCUT2D eigenvalue weighted by Crippen LogP contribution is -2.47. The number of carbonyl (C=O) groups is 1. The van der Waals surface area contributed by atoms with E-state index in [1.54, 1.807) is 17.1 Å². The third-order valence-corrected chi connectivity index (χ3v) is 6.17. The molecular formula is C24H28N6O3. The molecule has 1 N–H and O–H groups in total. The van der Waals surface area contributed by atoms with Crippen LogP contribution in [0.5, 0.6) is 11.5 Å². The molecule has 1 fully saturated rings. The van der Waals surface area contributed by atoms with Crippen molar-refractivity contribution in [2.24, 2.45) is 0 Å². The van der Waals surface area contributed by atoms with E-state index in [1.165, 1.54) is 0 Å². The summed E-state index contributed by atoms with van der Waals surface area (Å²) in [6.45, 7) is 4.94. The second-order valence-corrected chi connectivity index (χ2v) is 8.54. The highest BCUT2D eigenvalue weighted by Crippen LogP contribution is 2.34. The monoisotopic (exact) mass is 448 g/mol. The smallest absolute Gasteiger partial charge is 0.243 e. The molecule has 2 atom stereocenters. The molecule has 4 heterocycles. The predicted octanol–water partition coefficient (Wildman–Crippen LogP) is 3.33. The molecule has 1 amide bonds. The summed E-state index contributed by atoms with van der Waals surface area (Å²) in [5, 5.41) is 3.21. The van der Waals surface area contributed by atoms with Crippen LogP contribution < -0.4 is 19.7 Å². The van der Waals surface area contributed by atoms with Gasteiger partial charge in [-0.15, -0.1) is 0 Å². The number of nitrogens with zero attached hydrogens (tertiary/aromatic N) is 5. The highest BCUT2D eigenvalue weighted by Gasteiger charge is 2.30. The summed E-state index contributed by atoms with van der Waals surface area (Å²) in [6.07, 6.45) is 9.09. The molecule has 2 aliphatic rings. The van der Waals surface area contributed by atoms with E-state index < -0.39 is 0 Å². The Kier molecular flexibility index (Phi) is 5.85. The maximum absolute atomic E-state index is 13.5. The quantitative estimate of drug-likeness (QED) is 0.640. The third-order valence-electron chi connectivity index (χ3n) is 6.17. The number of hydrogen-bond donors (Lipinski definition) is 1. The number of carbonyl (C=O) groups excluding carboxylic acids is 1. The summed E-state index contributed by atoms with van der Waals surface area (Å²) in [5.74, 6) is 2.78. The maximum atomic E-state index is 13.5. The number of rotatable bonds is 5. The zero-order valence-corrected chi connectivity index (χ0v) is 18.9. The molecule has 1 aromatic carbocycles. The van der Waals surface area contributed by atoms with Crippen LogP contribution in [0, 0.1) is 6.92 Å². The molecule has 2 aromatic heterocycles. The van der Waals surface area contributed by atoms with Crippen molar-refractivity contribution in [3.05, 3.63) is 54.2 Å². The lowest BCUT2D eigenvalue weighted by atomic mass is 10.1. The van der Waals surface area contributed by atoms with Crippen LogP contribution >= 0.6 is 0 Å². The van der Waals surface area contributed by atoms with E-state index in [0.717, 1.165) is 55.1 Å². The van der Waals surface area contributed by atoms with Gasteiger partial charge in [0.25, 0.3) is 0 Å². The Hall–Kier alpha value is -3.62. The SMILES string of the molecule is Cc1cc(N2CCCCCC2C(=O)NC(C)c2ccc3c(c2)OCO3)nc(-n2ccnc2)n1. The number of ether oxygens (including phenoxy) is 2. The lowest BCUT2D eigenvalue weighted by molar-refractivity contribution is -0.123. The van der Waals surface area contributed by atoms with Crippen LogP contribution in [0.2, 0.25) is 0 Å². The van der Waals surface area contributed by atoms with Crippen LogP contribution in [0.4, 0.5) is 5.82 Å². The first-order valence-corrected chi connectivity index (χ1v) is 11.4. The molecule has 2 unspecified atom stereocenters. The maximum Gasteiger partial charge on any atom is 0.243 e. The fraction of sp³-hybridized carbons (Fsp3) is 0.417. The Morgan fingerprint density at radius 2 is 2.03 bits per heavy atom. The molecule has 5 rings (SSSR count). The van der Waals surface area contributed by atoms with Crippen LogP contribution in [0.3, 0.4) is 0 Å². The third kappa shape index (κ3) is 4.48. The highest BCUT2D eigenvalue weighted by atomic mass is 16.7. The van der Waals surface area contributed by atoms with E-state index in [9.17, 15) is 4.79 Å². The summed E-state index contributed by atoms with van der Waals surface area (Å²) >= 11 is 0. The lowest BCUT2D eigenvalue weighted by Gasteiger charge is -2.31. The van der Waals surface area contributed by atoms with E-state index >= 15 is 0 Å². The Morgan fingerprint density at radius 3 is 2.88 bits per heavy atom. The van der Waals surface area contributed by atoms with Gasteiger partial charge >= 0.3 is 0 Å². The molecule has 9 nitrogen and oxygen atoms in total. The van der Waals surface area contributed by atoms with Gasteiger partial charge in [-0.2, -0.15) is 4.98 Å². The van der Waals surface area contributed by atoms with Crippen molar-refractivity contribution < 1.29 is 14.3 Å². The Morgan fingerprint density at radius 1 is 1.15 bits per heavy atom. The first-order chi connectivity index (χ1) is 16.1. The number of amides is 1. The summed E-state index contributed by atoms with van der Waals surface area (Å²) in [4.78, 5) is 29.0. The van der Waals surface area contributed by atoms with Gasteiger partial charge < -0.3 is 19.7 Å².